The fourth-order valence-electron chi connectivity index (χ4n) is 1.98. The number of hydrogen-bond donors (Lipinski definition) is 2. The molecule has 1 aromatic rings. The molecule has 1 heterocycles. The van der Waals surface area contributed by atoms with Crippen LogP contribution in [0.5, 0.6) is 5.75 Å². The summed E-state index contributed by atoms with van der Waals surface area (Å²) in [5.41, 5.74) is 6.57. The number of carbonyl (C=O) groups excluding carboxylic acids is 3. The van der Waals surface area contributed by atoms with Crippen LogP contribution in [0.25, 0.3) is 0 Å². The van der Waals surface area contributed by atoms with E-state index in [2.05, 4.69) is 5.32 Å². The molecule has 1 saturated heterocycles. The Labute approximate surface area is 133 Å². The fourth-order valence-corrected chi connectivity index (χ4v) is 1.98. The van der Waals surface area contributed by atoms with Gasteiger partial charge in [0.2, 0.25) is 5.91 Å². The van der Waals surface area contributed by atoms with Gasteiger partial charge in [0.25, 0.3) is 5.91 Å². The SMILES string of the molecule is COc1ccc(NC(=O)CN2C(=O)CN(C)C2=O)cc1N.Cl. The first-order chi connectivity index (χ1) is 9.92. The Morgan fingerprint density at radius 1 is 1.41 bits per heavy atom. The van der Waals surface area contributed by atoms with Gasteiger partial charge in [0.15, 0.2) is 0 Å². The molecule has 0 atom stereocenters. The number of likely N-dealkylation sites (N-methyl/N-ethyl adjacent to an activating group) is 1. The third-order valence-electron chi connectivity index (χ3n) is 3.05. The molecular weight excluding hydrogens is 312 g/mol. The molecule has 4 amide bonds. The van der Waals surface area contributed by atoms with E-state index < -0.39 is 17.8 Å². The maximum absolute atomic E-state index is 11.9. The van der Waals surface area contributed by atoms with Crippen molar-refractivity contribution in [3.8, 4) is 5.75 Å². The first-order valence-corrected chi connectivity index (χ1v) is 6.21. The number of nitrogens with zero attached hydrogens (tertiary/aromatic N) is 2. The number of imide groups is 1. The van der Waals surface area contributed by atoms with Gasteiger partial charge < -0.3 is 20.7 Å². The van der Waals surface area contributed by atoms with Crippen LogP contribution in [-0.4, -0.2) is 54.9 Å². The van der Waals surface area contributed by atoms with Gasteiger partial charge in [0.1, 0.15) is 18.8 Å². The molecule has 1 fully saturated rings. The molecule has 0 bridgehead atoms. The Kier molecular flexibility index (Phi) is 5.58. The number of rotatable bonds is 4. The summed E-state index contributed by atoms with van der Waals surface area (Å²) in [5.74, 6) is -0.372. The molecule has 0 spiro atoms. The summed E-state index contributed by atoms with van der Waals surface area (Å²) in [6.07, 6.45) is 0. The first kappa shape index (κ1) is 17.6. The van der Waals surface area contributed by atoms with Crippen molar-refractivity contribution in [2.75, 3.05) is 38.3 Å². The molecule has 22 heavy (non-hydrogen) atoms. The van der Waals surface area contributed by atoms with Crippen LogP contribution in [0, 0.1) is 0 Å². The maximum Gasteiger partial charge on any atom is 0.327 e. The summed E-state index contributed by atoms with van der Waals surface area (Å²) in [6.45, 7) is -0.338. The Morgan fingerprint density at radius 2 is 2.09 bits per heavy atom. The van der Waals surface area contributed by atoms with Gasteiger partial charge in [-0.1, -0.05) is 0 Å². The van der Waals surface area contributed by atoms with Gasteiger partial charge >= 0.3 is 6.03 Å². The van der Waals surface area contributed by atoms with Crippen LogP contribution in [-0.2, 0) is 9.59 Å². The zero-order valence-corrected chi connectivity index (χ0v) is 13.0. The monoisotopic (exact) mass is 328 g/mol. The fraction of sp³-hybridized carbons (Fsp3) is 0.308. The highest BCUT2D eigenvalue weighted by Gasteiger charge is 2.34. The molecule has 0 aromatic heterocycles. The summed E-state index contributed by atoms with van der Waals surface area (Å²) in [4.78, 5) is 37.3. The van der Waals surface area contributed by atoms with Crippen LogP contribution in [0.3, 0.4) is 0 Å². The number of carbonyl (C=O) groups is 3. The number of methoxy groups -OCH3 is 1. The third kappa shape index (κ3) is 3.59. The smallest absolute Gasteiger partial charge is 0.327 e. The number of nitrogens with two attached hydrogens (primary N) is 1. The van der Waals surface area contributed by atoms with Crippen LogP contribution in [0.2, 0.25) is 0 Å². The first-order valence-electron chi connectivity index (χ1n) is 6.21. The van der Waals surface area contributed by atoms with Crippen molar-refractivity contribution in [1.29, 1.82) is 0 Å². The zero-order chi connectivity index (χ0) is 15.6. The largest absolute Gasteiger partial charge is 0.495 e. The molecule has 0 unspecified atom stereocenters. The van der Waals surface area contributed by atoms with E-state index in [-0.39, 0.29) is 25.5 Å². The number of halogens is 1. The molecule has 120 valence electrons. The molecule has 0 radical (unpaired) electrons. The standard InChI is InChI=1S/C13H16N4O4.ClH/c1-16-7-12(19)17(13(16)20)6-11(18)15-8-3-4-10(21-2)9(14)5-8;/h3-5H,6-7,14H2,1-2H3,(H,15,18);1H. The predicted molar refractivity (Wildman–Crippen MR) is 83.0 cm³/mol. The lowest BCUT2D eigenvalue weighted by Gasteiger charge is -2.14. The highest BCUT2D eigenvalue weighted by atomic mass is 35.5. The Hall–Kier alpha value is -2.48. The summed E-state index contributed by atoms with van der Waals surface area (Å²) >= 11 is 0. The van der Waals surface area contributed by atoms with Crippen molar-refractivity contribution < 1.29 is 19.1 Å². The number of amides is 4. The highest BCUT2D eigenvalue weighted by molar-refractivity contribution is 6.06. The maximum atomic E-state index is 11.9. The molecule has 0 aliphatic carbocycles. The number of urea groups is 1. The molecule has 1 aromatic carbocycles. The topological polar surface area (TPSA) is 105 Å². The predicted octanol–water partition coefficient (Wildman–Crippen LogP) is 0.532. The minimum absolute atomic E-state index is 0. The van der Waals surface area contributed by atoms with Crippen molar-refractivity contribution in [2.24, 2.45) is 0 Å². The normalized spacial score (nSPS) is 13.9. The molecule has 3 N–H and O–H groups in total. The molecular formula is C13H17ClN4O4. The van der Waals surface area contributed by atoms with Crippen LogP contribution in [0.1, 0.15) is 0 Å². The van der Waals surface area contributed by atoms with Crippen molar-refractivity contribution in [2.45, 2.75) is 0 Å². The van der Waals surface area contributed by atoms with E-state index in [9.17, 15) is 14.4 Å². The Bertz CT molecular complexity index is 608. The average molecular weight is 329 g/mol. The molecule has 1 aliphatic heterocycles. The van der Waals surface area contributed by atoms with Crippen molar-refractivity contribution in [1.82, 2.24) is 9.80 Å². The molecule has 2 rings (SSSR count). The van der Waals surface area contributed by atoms with Crippen molar-refractivity contribution in [3.63, 3.8) is 0 Å². The molecule has 9 heteroatoms. The minimum atomic E-state index is -0.482. The van der Waals surface area contributed by atoms with Crippen molar-refractivity contribution >= 4 is 41.6 Å². The minimum Gasteiger partial charge on any atom is -0.495 e. The van der Waals surface area contributed by atoms with Crippen LogP contribution in [0.15, 0.2) is 18.2 Å². The van der Waals surface area contributed by atoms with Crippen LogP contribution >= 0.6 is 12.4 Å². The number of nitrogens with one attached hydrogen (secondary N) is 1. The highest BCUT2D eigenvalue weighted by Crippen LogP contribution is 2.24. The van der Waals surface area contributed by atoms with E-state index in [4.69, 9.17) is 10.5 Å². The Morgan fingerprint density at radius 3 is 2.59 bits per heavy atom. The van der Waals surface area contributed by atoms with Crippen LogP contribution < -0.4 is 15.8 Å². The third-order valence-corrected chi connectivity index (χ3v) is 3.05. The van der Waals surface area contributed by atoms with Gasteiger partial charge in [0, 0.05) is 12.7 Å². The van der Waals surface area contributed by atoms with E-state index in [0.29, 0.717) is 17.1 Å². The lowest BCUT2D eigenvalue weighted by Crippen LogP contribution is -2.38. The van der Waals surface area contributed by atoms with E-state index in [1.807, 2.05) is 0 Å². The second kappa shape index (κ2) is 6.99. The zero-order valence-electron chi connectivity index (χ0n) is 12.2. The Balaban J connectivity index is 0.00000242. The van der Waals surface area contributed by atoms with E-state index >= 15 is 0 Å². The summed E-state index contributed by atoms with van der Waals surface area (Å²) < 4.78 is 5.01. The number of ether oxygens (including phenoxy) is 1. The van der Waals surface area contributed by atoms with E-state index in [0.717, 1.165) is 4.90 Å². The lowest BCUT2D eigenvalue weighted by molar-refractivity contribution is -0.129. The van der Waals surface area contributed by atoms with E-state index in [1.54, 1.807) is 12.1 Å². The summed E-state index contributed by atoms with van der Waals surface area (Å²) in [7, 11) is 2.99. The quantitative estimate of drug-likeness (QED) is 0.619. The molecule has 0 saturated carbocycles. The summed E-state index contributed by atoms with van der Waals surface area (Å²) in [6, 6.07) is 4.29. The van der Waals surface area contributed by atoms with Crippen molar-refractivity contribution in [3.05, 3.63) is 18.2 Å². The second-order valence-corrected chi connectivity index (χ2v) is 4.62. The lowest BCUT2D eigenvalue weighted by atomic mass is 10.2. The molecule has 1 aliphatic rings. The van der Waals surface area contributed by atoms with Gasteiger partial charge in [-0.25, -0.2) is 4.79 Å². The number of benzene rings is 1. The van der Waals surface area contributed by atoms with Crippen LogP contribution in [0.4, 0.5) is 16.2 Å². The van der Waals surface area contributed by atoms with Gasteiger partial charge in [-0.15, -0.1) is 12.4 Å². The number of nitrogen functional groups attached to an aromatic ring is 1. The summed E-state index contributed by atoms with van der Waals surface area (Å²) in [5, 5.41) is 2.58. The molecule has 8 nitrogen and oxygen atoms in total. The average Bonchev–Trinajstić information content (AvgIpc) is 2.65. The van der Waals surface area contributed by atoms with Gasteiger partial charge in [-0.05, 0) is 18.2 Å². The van der Waals surface area contributed by atoms with Gasteiger partial charge in [-0.3, -0.25) is 14.5 Å². The van der Waals surface area contributed by atoms with E-state index in [1.165, 1.54) is 25.1 Å². The van der Waals surface area contributed by atoms with Gasteiger partial charge in [0.05, 0.1) is 12.8 Å². The number of anilines is 2. The second-order valence-electron chi connectivity index (χ2n) is 4.62. The van der Waals surface area contributed by atoms with Gasteiger partial charge in [-0.2, -0.15) is 0 Å². The number of hydrogen-bond acceptors (Lipinski definition) is 5.